The number of hydrogen-bond acceptors (Lipinski definition) is 2. The molecule has 2 heteroatoms. The predicted molar refractivity (Wildman–Crippen MR) is 161 cm³/mol. The number of fused-ring (bicyclic) bond motifs is 1. The number of unbranched alkanes of at least 4 members (excludes halogenated alkanes) is 1. The Labute approximate surface area is 223 Å². The number of nitrogens with two attached hydrogens (primary N) is 1. The third kappa shape index (κ3) is 17.3. The van der Waals surface area contributed by atoms with Crippen molar-refractivity contribution in [3.8, 4) is 0 Å². The lowest BCUT2D eigenvalue weighted by molar-refractivity contribution is -0.118. The van der Waals surface area contributed by atoms with Gasteiger partial charge in [0.15, 0.2) is 0 Å². The summed E-state index contributed by atoms with van der Waals surface area (Å²) in [6.07, 6.45) is 13.9. The molecule has 36 heavy (non-hydrogen) atoms. The first-order chi connectivity index (χ1) is 17.3. The van der Waals surface area contributed by atoms with Gasteiger partial charge in [-0.15, -0.1) is 6.58 Å². The summed E-state index contributed by atoms with van der Waals surface area (Å²) in [5.41, 5.74) is 11.6. The zero-order valence-corrected chi connectivity index (χ0v) is 24.3. The van der Waals surface area contributed by atoms with E-state index in [0.717, 1.165) is 25.2 Å². The van der Waals surface area contributed by atoms with E-state index in [1.54, 1.807) is 17.2 Å². The summed E-state index contributed by atoms with van der Waals surface area (Å²) in [6, 6.07) is 17.9. The molecule has 0 saturated heterocycles. The van der Waals surface area contributed by atoms with Crippen molar-refractivity contribution in [2.24, 2.45) is 11.7 Å². The maximum Gasteiger partial charge on any atom is 0.132 e. The summed E-state index contributed by atoms with van der Waals surface area (Å²) in [5, 5.41) is 0. The molecule has 1 aliphatic rings. The van der Waals surface area contributed by atoms with Crippen LogP contribution >= 0.6 is 0 Å². The highest BCUT2D eigenvalue weighted by Gasteiger charge is 2.13. The first-order valence-corrected chi connectivity index (χ1v) is 14.3. The number of benzene rings is 2. The summed E-state index contributed by atoms with van der Waals surface area (Å²) >= 11 is 0. The van der Waals surface area contributed by atoms with Crippen LogP contribution in [-0.4, -0.2) is 11.8 Å². The van der Waals surface area contributed by atoms with Crippen molar-refractivity contribution in [3.63, 3.8) is 0 Å². The molecule has 0 radical (unpaired) electrons. The van der Waals surface area contributed by atoms with E-state index in [2.05, 4.69) is 89.7 Å². The van der Waals surface area contributed by atoms with Gasteiger partial charge in [-0.1, -0.05) is 108 Å². The van der Waals surface area contributed by atoms with Crippen molar-refractivity contribution >= 4 is 5.78 Å². The molecule has 0 amide bonds. The van der Waals surface area contributed by atoms with E-state index in [4.69, 9.17) is 5.73 Å². The fourth-order valence-electron chi connectivity index (χ4n) is 3.81. The molecule has 3 rings (SSSR count). The lowest BCUT2D eigenvalue weighted by Crippen LogP contribution is -2.17. The Hall–Kier alpha value is -2.19. The first-order valence-electron chi connectivity index (χ1n) is 14.3. The van der Waals surface area contributed by atoms with E-state index in [1.807, 2.05) is 6.92 Å². The molecule has 2 aromatic rings. The topological polar surface area (TPSA) is 43.1 Å². The number of allylic oxidation sites excluding steroid dienone is 1. The number of hydrogen-bond donors (Lipinski definition) is 1. The maximum absolute atomic E-state index is 10.5. The average Bonchev–Trinajstić information content (AvgIpc) is 2.91. The van der Waals surface area contributed by atoms with Crippen molar-refractivity contribution in [1.29, 1.82) is 0 Å². The van der Waals surface area contributed by atoms with Crippen LogP contribution in [0.1, 0.15) is 108 Å². The van der Waals surface area contributed by atoms with Crippen LogP contribution in [0.15, 0.2) is 61.2 Å². The van der Waals surface area contributed by atoms with Crippen LogP contribution in [0.25, 0.3) is 0 Å². The van der Waals surface area contributed by atoms with E-state index in [0.29, 0.717) is 24.7 Å². The standard InChI is InChI=1S/C11H14.C9H12.C7H17N.C7H12O/c1-9-6-7-10-4-2-3-5-11(10)8-9;1-3-9-6-4-8(2)5-7-9;2*1-3-5-6-7(8)4-2/h2-5,9H,6-8H2,1H3;4-7H,3H2,1-2H3;7H,3-6,8H2,1-2H3;3H,1,4-6H2,2H3. The van der Waals surface area contributed by atoms with Crippen LogP contribution in [0.5, 0.6) is 0 Å². The Morgan fingerprint density at radius 2 is 1.69 bits per heavy atom. The summed E-state index contributed by atoms with van der Waals surface area (Å²) in [6.45, 7) is 16.4. The van der Waals surface area contributed by atoms with Gasteiger partial charge in [0.2, 0.25) is 0 Å². The van der Waals surface area contributed by atoms with Gasteiger partial charge in [0.1, 0.15) is 5.78 Å². The Morgan fingerprint density at radius 3 is 2.22 bits per heavy atom. The van der Waals surface area contributed by atoms with Crippen LogP contribution < -0.4 is 5.73 Å². The van der Waals surface area contributed by atoms with Crippen molar-refractivity contribution in [3.05, 3.63) is 83.4 Å². The number of carbonyl (C=O) groups is 1. The molecule has 0 saturated carbocycles. The molecular formula is C34H55NO. The number of aryl methyl sites for hydroxylation is 3. The number of carbonyl (C=O) groups excluding carboxylic acids is 1. The third-order valence-electron chi connectivity index (χ3n) is 6.60. The summed E-state index contributed by atoms with van der Waals surface area (Å²) < 4.78 is 0. The molecule has 0 bridgehead atoms. The van der Waals surface area contributed by atoms with Gasteiger partial charge in [0.25, 0.3) is 0 Å². The SMILES string of the molecule is C=CCCC(=O)CC.CC1CCc2ccccc2C1.CCCCC(N)CC.CCc1ccc(C)cc1. The zero-order chi connectivity index (χ0) is 27.2. The average molecular weight is 494 g/mol. The second-order valence-electron chi connectivity index (χ2n) is 9.99. The number of rotatable bonds is 9. The highest BCUT2D eigenvalue weighted by atomic mass is 16.1. The van der Waals surface area contributed by atoms with Crippen molar-refractivity contribution in [2.45, 2.75) is 118 Å². The van der Waals surface area contributed by atoms with Gasteiger partial charge >= 0.3 is 0 Å². The normalized spacial score (nSPS) is 14.4. The Bertz CT molecular complexity index is 808. The lowest BCUT2D eigenvalue weighted by atomic mass is 9.85. The quantitative estimate of drug-likeness (QED) is 0.354. The molecule has 0 heterocycles. The lowest BCUT2D eigenvalue weighted by Gasteiger charge is -2.20. The van der Waals surface area contributed by atoms with E-state index in [9.17, 15) is 4.79 Å². The molecule has 2 unspecified atom stereocenters. The fraction of sp³-hybridized carbons (Fsp3) is 0.559. The Morgan fingerprint density at radius 1 is 1.06 bits per heavy atom. The second kappa shape index (κ2) is 22.0. The second-order valence-corrected chi connectivity index (χ2v) is 9.99. The highest BCUT2D eigenvalue weighted by molar-refractivity contribution is 5.78. The van der Waals surface area contributed by atoms with Crippen LogP contribution in [0.4, 0.5) is 0 Å². The molecule has 0 spiro atoms. The molecular weight excluding hydrogens is 438 g/mol. The van der Waals surface area contributed by atoms with Crippen molar-refractivity contribution in [2.75, 3.05) is 0 Å². The molecule has 2 atom stereocenters. The Kier molecular flexibility index (Phi) is 20.7. The number of Topliss-reactive ketones (excluding diaryl/α,β-unsaturated/α-hetero) is 1. The largest absolute Gasteiger partial charge is 0.328 e. The van der Waals surface area contributed by atoms with Gasteiger partial charge in [0, 0.05) is 18.9 Å². The molecule has 2 nitrogen and oxygen atoms in total. The summed E-state index contributed by atoms with van der Waals surface area (Å²) in [5.74, 6) is 1.22. The molecule has 202 valence electrons. The summed E-state index contributed by atoms with van der Waals surface area (Å²) in [7, 11) is 0. The molecule has 2 N–H and O–H groups in total. The van der Waals surface area contributed by atoms with E-state index >= 15 is 0 Å². The van der Waals surface area contributed by atoms with E-state index in [-0.39, 0.29) is 0 Å². The van der Waals surface area contributed by atoms with Gasteiger partial charge in [0.05, 0.1) is 0 Å². The first kappa shape index (κ1) is 33.8. The zero-order valence-electron chi connectivity index (χ0n) is 24.3. The van der Waals surface area contributed by atoms with Gasteiger partial charge in [-0.25, -0.2) is 0 Å². The Balaban J connectivity index is 0.000000460. The monoisotopic (exact) mass is 493 g/mol. The van der Waals surface area contributed by atoms with E-state index in [1.165, 1.54) is 49.7 Å². The molecule has 0 fully saturated rings. The number of ketones is 1. The van der Waals surface area contributed by atoms with Crippen LogP contribution in [-0.2, 0) is 24.1 Å². The maximum atomic E-state index is 10.5. The molecule has 0 aliphatic heterocycles. The minimum absolute atomic E-state index is 0.324. The smallest absolute Gasteiger partial charge is 0.132 e. The van der Waals surface area contributed by atoms with Crippen LogP contribution in [0.2, 0.25) is 0 Å². The van der Waals surface area contributed by atoms with Gasteiger partial charge in [-0.3, -0.25) is 4.79 Å². The summed E-state index contributed by atoms with van der Waals surface area (Å²) in [4.78, 5) is 10.5. The molecule has 2 aromatic carbocycles. The van der Waals surface area contributed by atoms with Crippen molar-refractivity contribution in [1.82, 2.24) is 0 Å². The minimum Gasteiger partial charge on any atom is -0.328 e. The van der Waals surface area contributed by atoms with Gasteiger partial charge in [-0.2, -0.15) is 0 Å². The minimum atomic E-state index is 0.324. The van der Waals surface area contributed by atoms with Crippen molar-refractivity contribution < 1.29 is 4.79 Å². The van der Waals surface area contributed by atoms with Crippen LogP contribution in [0, 0.1) is 12.8 Å². The predicted octanol–water partition coefficient (Wildman–Crippen LogP) is 9.21. The highest BCUT2D eigenvalue weighted by Crippen LogP contribution is 2.24. The molecule has 1 aliphatic carbocycles. The molecule has 0 aromatic heterocycles. The third-order valence-corrected chi connectivity index (χ3v) is 6.60. The van der Waals surface area contributed by atoms with Gasteiger partial charge in [-0.05, 0) is 74.5 Å². The van der Waals surface area contributed by atoms with Gasteiger partial charge < -0.3 is 5.73 Å². The van der Waals surface area contributed by atoms with E-state index < -0.39 is 0 Å². The fourth-order valence-corrected chi connectivity index (χ4v) is 3.81. The van der Waals surface area contributed by atoms with Crippen LogP contribution in [0.3, 0.4) is 0 Å².